The molecule has 0 aliphatic rings. The molecule has 0 N–H and O–H groups in total. The molecule has 0 fully saturated rings. The Labute approximate surface area is 310 Å². The number of halogens is 12. The standard InChI is InChI=1S/2C10H8N2.C6H6N6.C2H3N.2F6P.Ru/c2*1-3-7-11-9(5-1)10-6-2-4-8-12-10;1-12-10-6(9-11-12)5-4-7-2-3-8-5;1-2-3;2*1-7(2,3,4,5)6;/h2*1-8H;2-4H,1H3;1H3;;;/q;;;;2*-1;+2. The number of aryl methyl sites for hydroxylation is 1. The maximum Gasteiger partial charge on any atom is 2.00 e. The number of hydrogen-bond acceptors (Lipinski definition) is 10. The van der Waals surface area contributed by atoms with E-state index in [1.165, 1.54) is 11.7 Å². The minimum atomic E-state index is -10.7. The monoisotopic (exact) mass is 907 g/mol. The maximum atomic E-state index is 9.87. The van der Waals surface area contributed by atoms with Crippen molar-refractivity contribution in [3.8, 4) is 40.4 Å². The van der Waals surface area contributed by atoms with E-state index in [0.29, 0.717) is 11.5 Å². The number of nitrogens with zero attached hydrogens (tertiary/aromatic N) is 11. The second kappa shape index (κ2) is 18.8. The molecular weight excluding hydrogens is 881 g/mol. The van der Waals surface area contributed by atoms with E-state index in [1.807, 2.05) is 72.8 Å². The summed E-state index contributed by atoms with van der Waals surface area (Å²) in [6.07, 6.45) is 11.9. The molecule has 6 rings (SSSR count). The van der Waals surface area contributed by atoms with E-state index in [-0.39, 0.29) is 19.5 Å². The van der Waals surface area contributed by atoms with Crippen LogP contribution in [0.1, 0.15) is 6.92 Å². The van der Waals surface area contributed by atoms with Crippen molar-refractivity contribution in [2.45, 2.75) is 6.92 Å². The largest absolute Gasteiger partial charge is 2.00 e. The first-order valence-corrected chi connectivity index (χ1v) is 17.8. The minimum Gasteiger partial charge on any atom is -0.255 e. The topological polar surface area (TPSA) is 145 Å². The third-order valence-electron chi connectivity index (χ3n) is 4.49. The summed E-state index contributed by atoms with van der Waals surface area (Å²) in [5, 5.41) is 18.8. The van der Waals surface area contributed by atoms with Crippen LogP contribution in [0.2, 0.25) is 0 Å². The Hall–Kier alpha value is -5.12. The number of pyridine rings is 4. The zero-order valence-corrected chi connectivity index (χ0v) is 30.7. The second-order valence-electron chi connectivity index (χ2n) is 9.19. The van der Waals surface area contributed by atoms with Crippen LogP contribution in [0.5, 0.6) is 0 Å². The molecule has 54 heavy (non-hydrogen) atoms. The van der Waals surface area contributed by atoms with Gasteiger partial charge in [0, 0.05) is 44.1 Å². The van der Waals surface area contributed by atoms with Gasteiger partial charge in [-0.2, -0.15) is 10.1 Å². The second-order valence-corrected chi connectivity index (χ2v) is 13.0. The van der Waals surface area contributed by atoms with Gasteiger partial charge in [0.2, 0.25) is 5.82 Å². The van der Waals surface area contributed by atoms with Crippen LogP contribution >= 0.6 is 15.6 Å². The molecule has 0 spiro atoms. The smallest absolute Gasteiger partial charge is 0.255 e. The first-order valence-electron chi connectivity index (χ1n) is 13.7. The third kappa shape index (κ3) is 31.6. The van der Waals surface area contributed by atoms with Crippen LogP contribution in [-0.2, 0) is 26.5 Å². The molecule has 6 aromatic rings. The molecule has 0 unspecified atom stereocenters. The molecule has 0 saturated heterocycles. The van der Waals surface area contributed by atoms with Crippen LogP contribution in [-0.4, -0.2) is 50.1 Å². The maximum absolute atomic E-state index is 10.7. The predicted molar refractivity (Wildman–Crippen MR) is 173 cm³/mol. The van der Waals surface area contributed by atoms with E-state index in [2.05, 4.69) is 45.3 Å². The predicted octanol–water partition coefficient (Wildman–Crippen LogP) is 11.2. The quantitative estimate of drug-likeness (QED) is 0.0956. The minimum absolute atomic E-state index is 0. The van der Waals surface area contributed by atoms with Crippen molar-refractivity contribution in [2.24, 2.45) is 7.05 Å². The van der Waals surface area contributed by atoms with Crippen molar-refractivity contribution in [3.63, 3.8) is 0 Å². The summed E-state index contributed by atoms with van der Waals surface area (Å²) < 4.78 is 118. The van der Waals surface area contributed by atoms with Gasteiger partial charge in [-0.1, -0.05) is 24.3 Å². The van der Waals surface area contributed by atoms with E-state index < -0.39 is 15.6 Å². The normalized spacial score (nSPS) is 12.7. The van der Waals surface area contributed by atoms with Gasteiger partial charge in [0.1, 0.15) is 5.69 Å². The van der Waals surface area contributed by atoms with Crippen molar-refractivity contribution in [1.82, 2.24) is 50.1 Å². The molecule has 6 aromatic heterocycles. The average molecular weight is 907 g/mol. The fraction of sp³-hybridized carbons (Fsp3) is 0.0714. The van der Waals surface area contributed by atoms with E-state index >= 15 is 0 Å². The molecule has 0 aliphatic carbocycles. The van der Waals surface area contributed by atoms with Crippen molar-refractivity contribution >= 4 is 15.6 Å². The molecule has 6 heterocycles. The Kier molecular flexibility index (Phi) is 17.0. The number of tetrazole rings is 1. The Balaban J connectivity index is 0.000000648. The van der Waals surface area contributed by atoms with Gasteiger partial charge in [-0.3, -0.25) is 24.9 Å². The summed E-state index contributed by atoms with van der Waals surface area (Å²) in [5.74, 6) is 0.491. The fourth-order valence-electron chi connectivity index (χ4n) is 2.86. The van der Waals surface area contributed by atoms with E-state index in [0.717, 1.165) is 22.8 Å². The van der Waals surface area contributed by atoms with Crippen molar-refractivity contribution in [3.05, 3.63) is 116 Å². The van der Waals surface area contributed by atoms with Gasteiger partial charge in [0.05, 0.1) is 42.1 Å². The Bertz CT molecular complexity index is 1780. The van der Waals surface area contributed by atoms with Crippen molar-refractivity contribution in [2.75, 3.05) is 0 Å². The van der Waals surface area contributed by atoms with Gasteiger partial charge < -0.3 is 0 Å². The van der Waals surface area contributed by atoms with Crippen molar-refractivity contribution in [1.29, 1.82) is 5.26 Å². The molecule has 0 saturated carbocycles. The first kappa shape index (κ1) is 48.9. The van der Waals surface area contributed by atoms with Gasteiger partial charge in [-0.15, -0.1) is 10.2 Å². The number of rotatable bonds is 3. The summed E-state index contributed by atoms with van der Waals surface area (Å²) >= 11 is 0. The zero-order chi connectivity index (χ0) is 40.4. The van der Waals surface area contributed by atoms with Crippen LogP contribution in [0.4, 0.5) is 50.4 Å². The summed E-state index contributed by atoms with van der Waals surface area (Å²) in [7, 11) is -19.6. The average Bonchev–Trinajstić information content (AvgIpc) is 3.51. The van der Waals surface area contributed by atoms with E-state index in [4.69, 9.17) is 5.26 Å². The molecule has 0 atom stereocenters. The molecule has 0 aromatic carbocycles. The summed E-state index contributed by atoms with van der Waals surface area (Å²) in [6, 6.07) is 24.9. The molecule has 11 nitrogen and oxygen atoms in total. The molecule has 26 heteroatoms. The van der Waals surface area contributed by atoms with Gasteiger partial charge in [-0.25, -0.2) is 4.98 Å². The third-order valence-corrected chi connectivity index (χ3v) is 4.49. The summed E-state index contributed by atoms with van der Waals surface area (Å²) in [4.78, 5) is 26.0. The number of hydrogen-bond donors (Lipinski definition) is 0. The van der Waals surface area contributed by atoms with Crippen LogP contribution in [0, 0.1) is 11.3 Å². The molecule has 294 valence electrons. The van der Waals surface area contributed by atoms with Gasteiger partial charge in [-0.05, 0) is 53.7 Å². The first-order chi connectivity index (χ1) is 24.1. The van der Waals surface area contributed by atoms with Crippen LogP contribution in [0.15, 0.2) is 116 Å². The summed E-state index contributed by atoms with van der Waals surface area (Å²) in [5.41, 5.74) is 4.29. The molecular formula is C28H25F12N11P2Ru. The van der Waals surface area contributed by atoms with E-state index in [9.17, 15) is 50.4 Å². The molecule has 0 amide bonds. The molecule has 0 radical (unpaired) electrons. The Morgan fingerprint density at radius 3 is 1.02 bits per heavy atom. The van der Waals surface area contributed by atoms with Gasteiger partial charge in [0.25, 0.3) is 0 Å². The van der Waals surface area contributed by atoms with Crippen LogP contribution in [0.3, 0.4) is 0 Å². The summed E-state index contributed by atoms with van der Waals surface area (Å²) in [6.45, 7) is 1.43. The van der Waals surface area contributed by atoms with Crippen LogP contribution < -0.4 is 0 Å². The van der Waals surface area contributed by atoms with Gasteiger partial charge >= 0.3 is 85.5 Å². The Morgan fingerprint density at radius 2 is 0.815 bits per heavy atom. The van der Waals surface area contributed by atoms with E-state index in [1.54, 1.807) is 56.5 Å². The number of nitriles is 1. The van der Waals surface area contributed by atoms with Crippen molar-refractivity contribution < 1.29 is 69.8 Å². The SMILES string of the molecule is CC#N.Cn1nnc(-c2cnccn2)n1.F[P-](F)(F)(F)(F)F.F[P-](F)(F)(F)(F)F.[Ru+2].c1ccc(-c2ccccn2)nc1.c1ccc(-c2ccccn2)nc1. The zero-order valence-electron chi connectivity index (χ0n) is 27.2. The van der Waals surface area contributed by atoms with Gasteiger partial charge in [0.15, 0.2) is 0 Å². The Morgan fingerprint density at radius 1 is 0.519 bits per heavy atom. The van der Waals surface area contributed by atoms with Crippen LogP contribution in [0.25, 0.3) is 34.3 Å². The fourth-order valence-corrected chi connectivity index (χ4v) is 2.86. The number of aromatic nitrogens is 10. The molecule has 0 bridgehead atoms. The molecule has 0 aliphatic heterocycles.